The molecule has 0 unspecified atom stereocenters. The van der Waals surface area contributed by atoms with Gasteiger partial charge in [0.05, 0.1) is 28.5 Å². The molecule has 2 aromatic carbocycles. The minimum Gasteiger partial charge on any atom is -0.507 e. The van der Waals surface area contributed by atoms with Crippen molar-refractivity contribution in [2.24, 2.45) is 22.7 Å². The molecule has 1 aromatic heterocycles. The van der Waals surface area contributed by atoms with E-state index < -0.39 is 12.0 Å². The molecule has 1 N–H and O–H groups in total. The molecule has 5 aliphatic rings. The number of hydrogen-bond donors (Lipinski definition) is 1. The monoisotopic (exact) mass is 568 g/mol. The maximum atomic E-state index is 14.0. The number of hydrogen-bond acceptors (Lipinski definition) is 6. The van der Waals surface area contributed by atoms with E-state index in [1.807, 2.05) is 31.2 Å². The number of thiazole rings is 1. The number of aromatic hydroxyl groups is 1. The van der Waals surface area contributed by atoms with Crippen molar-refractivity contribution in [2.75, 3.05) is 6.61 Å². The minimum absolute atomic E-state index is 0.169. The SMILES string of the molecule is CCOC(=O)C1=C(C)N=c2s/c(=C/c3cc(C45CC6CC(CC(C6)C4)C5)ccc3O)c(=O)n2[C@@H]1c1ccc(C)cc1. The van der Waals surface area contributed by atoms with Crippen LogP contribution in [-0.4, -0.2) is 22.2 Å². The topological polar surface area (TPSA) is 80.9 Å². The van der Waals surface area contributed by atoms with Crippen molar-refractivity contribution < 1.29 is 14.6 Å². The number of allylic oxidation sites excluding steroid dienone is 1. The molecule has 6 nitrogen and oxygen atoms in total. The second kappa shape index (κ2) is 9.83. The molecule has 4 saturated carbocycles. The third kappa shape index (κ3) is 4.40. The Kier molecular flexibility index (Phi) is 6.34. The molecule has 4 aliphatic carbocycles. The van der Waals surface area contributed by atoms with Gasteiger partial charge in [-0.3, -0.25) is 9.36 Å². The zero-order valence-electron chi connectivity index (χ0n) is 23.9. The molecule has 2 heterocycles. The highest BCUT2D eigenvalue weighted by atomic mass is 32.1. The molecule has 1 atom stereocenters. The van der Waals surface area contributed by atoms with E-state index in [0.717, 1.165) is 28.9 Å². The number of benzene rings is 2. The van der Waals surface area contributed by atoms with Crippen molar-refractivity contribution in [3.05, 3.63) is 95.7 Å². The number of ether oxygens (including phenoxy) is 1. The summed E-state index contributed by atoms with van der Waals surface area (Å²) in [6.07, 6.45) is 9.63. The van der Waals surface area contributed by atoms with Crippen LogP contribution in [0.2, 0.25) is 0 Å². The van der Waals surface area contributed by atoms with Crippen LogP contribution in [0.5, 0.6) is 5.75 Å². The number of aromatic nitrogens is 1. The Bertz CT molecular complexity index is 1730. The van der Waals surface area contributed by atoms with E-state index in [9.17, 15) is 14.7 Å². The summed E-state index contributed by atoms with van der Waals surface area (Å²) in [6, 6.07) is 13.3. The lowest BCUT2D eigenvalue weighted by Gasteiger charge is -2.57. The first-order valence-corrected chi connectivity index (χ1v) is 15.7. The van der Waals surface area contributed by atoms with Crippen molar-refractivity contribution in [3.8, 4) is 5.75 Å². The van der Waals surface area contributed by atoms with Crippen molar-refractivity contribution in [1.29, 1.82) is 0 Å². The van der Waals surface area contributed by atoms with E-state index in [4.69, 9.17) is 9.73 Å². The summed E-state index contributed by atoms with van der Waals surface area (Å²) in [5, 5.41) is 10.9. The molecular weight excluding hydrogens is 532 g/mol. The number of fused-ring (bicyclic) bond motifs is 1. The molecule has 0 radical (unpaired) electrons. The van der Waals surface area contributed by atoms with E-state index in [0.29, 0.717) is 26.2 Å². The highest BCUT2D eigenvalue weighted by Gasteiger charge is 2.51. The summed E-state index contributed by atoms with van der Waals surface area (Å²) >= 11 is 1.29. The largest absolute Gasteiger partial charge is 0.507 e. The number of rotatable bonds is 5. The van der Waals surface area contributed by atoms with Gasteiger partial charge in [-0.25, -0.2) is 9.79 Å². The van der Waals surface area contributed by atoms with E-state index in [-0.39, 0.29) is 23.3 Å². The van der Waals surface area contributed by atoms with Gasteiger partial charge in [-0.05, 0) is 112 Å². The average Bonchev–Trinajstić information content (AvgIpc) is 3.23. The van der Waals surface area contributed by atoms with Gasteiger partial charge in [0.1, 0.15) is 5.75 Å². The molecule has 1 aliphatic heterocycles. The zero-order chi connectivity index (χ0) is 28.5. The Morgan fingerprint density at radius 3 is 2.37 bits per heavy atom. The molecule has 212 valence electrons. The third-order valence-corrected chi connectivity index (χ3v) is 10.9. The lowest BCUT2D eigenvalue weighted by molar-refractivity contribution is -0.139. The maximum Gasteiger partial charge on any atom is 0.338 e. The van der Waals surface area contributed by atoms with Gasteiger partial charge < -0.3 is 9.84 Å². The first-order chi connectivity index (χ1) is 19.7. The fourth-order valence-corrected chi connectivity index (χ4v) is 9.50. The molecule has 7 heteroatoms. The smallest absolute Gasteiger partial charge is 0.338 e. The van der Waals surface area contributed by atoms with E-state index in [2.05, 4.69) is 12.1 Å². The number of nitrogens with zero attached hydrogens (tertiary/aromatic N) is 2. The summed E-state index contributed by atoms with van der Waals surface area (Å²) < 4.78 is 7.50. The fourth-order valence-electron chi connectivity index (χ4n) is 8.46. The third-order valence-electron chi connectivity index (χ3n) is 9.87. The minimum atomic E-state index is -0.639. The highest BCUT2D eigenvalue weighted by Crippen LogP contribution is 2.60. The standard InChI is InChI=1S/C34H36N2O4S/c1-4-40-32(39)29-20(3)35-33-36(30(29)24-7-5-19(2)6-8-24)31(38)28(41-33)15-25-14-26(9-10-27(25)37)34-16-21-11-22(17-34)13-23(12-21)18-34/h5-10,14-15,21-23,30,37H,4,11-13,16-18H2,1-3H3/b28-15+/t21?,22?,23?,30-,34?/m1/s1. The van der Waals surface area contributed by atoms with Crippen LogP contribution in [0.1, 0.15) is 80.7 Å². The van der Waals surface area contributed by atoms with Crippen LogP contribution < -0.4 is 14.9 Å². The predicted molar refractivity (Wildman–Crippen MR) is 160 cm³/mol. The van der Waals surface area contributed by atoms with Gasteiger partial charge >= 0.3 is 5.97 Å². The molecule has 0 amide bonds. The molecule has 41 heavy (non-hydrogen) atoms. The Morgan fingerprint density at radius 2 is 1.73 bits per heavy atom. The second-order valence-electron chi connectivity index (χ2n) is 12.7. The zero-order valence-corrected chi connectivity index (χ0v) is 24.7. The fraction of sp³-hybridized carbons (Fsp3) is 0.441. The van der Waals surface area contributed by atoms with Gasteiger partial charge in [0, 0.05) is 5.56 Å². The van der Waals surface area contributed by atoms with Gasteiger partial charge in [-0.1, -0.05) is 47.2 Å². The van der Waals surface area contributed by atoms with Gasteiger partial charge in [0.15, 0.2) is 4.80 Å². The lowest BCUT2D eigenvalue weighted by Crippen LogP contribution is -2.48. The van der Waals surface area contributed by atoms with Crippen molar-refractivity contribution in [1.82, 2.24) is 4.57 Å². The van der Waals surface area contributed by atoms with Crippen molar-refractivity contribution >= 4 is 23.4 Å². The van der Waals surface area contributed by atoms with Gasteiger partial charge in [0.25, 0.3) is 5.56 Å². The number of esters is 1. The summed E-state index contributed by atoms with van der Waals surface area (Å²) in [4.78, 5) is 32.4. The molecule has 0 saturated heterocycles. The summed E-state index contributed by atoms with van der Waals surface area (Å²) in [6.45, 7) is 5.81. The lowest BCUT2D eigenvalue weighted by atomic mass is 9.48. The van der Waals surface area contributed by atoms with Crippen LogP contribution in [0.15, 0.2) is 63.5 Å². The molecule has 4 bridgehead atoms. The van der Waals surface area contributed by atoms with Crippen LogP contribution in [0.4, 0.5) is 0 Å². The Hall–Kier alpha value is -3.45. The molecule has 3 aromatic rings. The number of phenolic OH excluding ortho intramolecular Hbond substituents is 1. The van der Waals surface area contributed by atoms with Gasteiger partial charge in [0.2, 0.25) is 0 Å². The van der Waals surface area contributed by atoms with Crippen LogP contribution in [0.3, 0.4) is 0 Å². The molecule has 0 spiro atoms. The van der Waals surface area contributed by atoms with Crippen molar-refractivity contribution in [2.45, 2.75) is 70.8 Å². The normalized spacial score (nSPS) is 28.5. The van der Waals surface area contributed by atoms with Crippen LogP contribution in [0, 0.1) is 24.7 Å². The summed E-state index contributed by atoms with van der Waals surface area (Å²) in [7, 11) is 0. The van der Waals surface area contributed by atoms with Crippen LogP contribution in [-0.2, 0) is 14.9 Å². The van der Waals surface area contributed by atoms with Gasteiger partial charge in [-0.15, -0.1) is 0 Å². The highest BCUT2D eigenvalue weighted by molar-refractivity contribution is 7.07. The average molecular weight is 569 g/mol. The molecule has 8 rings (SSSR count). The number of carbonyl (C=O) groups excluding carboxylic acids is 1. The first-order valence-electron chi connectivity index (χ1n) is 14.8. The molecule has 4 fully saturated rings. The van der Waals surface area contributed by atoms with Crippen molar-refractivity contribution in [3.63, 3.8) is 0 Å². The van der Waals surface area contributed by atoms with E-state index >= 15 is 0 Å². The second-order valence-corrected chi connectivity index (χ2v) is 13.7. The molecular formula is C34H36N2O4S. The quantitative estimate of drug-likeness (QED) is 0.425. The van der Waals surface area contributed by atoms with Crippen LogP contribution in [0.25, 0.3) is 6.08 Å². The summed E-state index contributed by atoms with van der Waals surface area (Å²) in [5.41, 5.74) is 4.77. The van der Waals surface area contributed by atoms with E-state index in [1.54, 1.807) is 30.6 Å². The first kappa shape index (κ1) is 26.4. The Balaban J connectivity index is 1.34. The van der Waals surface area contributed by atoms with Gasteiger partial charge in [-0.2, -0.15) is 0 Å². The van der Waals surface area contributed by atoms with E-state index in [1.165, 1.54) is 55.4 Å². The maximum absolute atomic E-state index is 14.0. The summed E-state index contributed by atoms with van der Waals surface area (Å²) in [5.74, 6) is 2.17. The Morgan fingerprint density at radius 1 is 1.07 bits per heavy atom. The number of aryl methyl sites for hydroxylation is 1. The van der Waals surface area contributed by atoms with Crippen LogP contribution >= 0.6 is 11.3 Å². The number of phenols is 1. The Labute approximate surface area is 243 Å². The number of carbonyl (C=O) groups is 1. The predicted octanol–water partition coefficient (Wildman–Crippen LogP) is 5.28.